The number of fused-ring (bicyclic) bond motifs is 1. The van der Waals surface area contributed by atoms with Gasteiger partial charge in [0.1, 0.15) is 17.0 Å². The average molecular weight is 541 g/mol. The van der Waals surface area contributed by atoms with Gasteiger partial charge in [0.2, 0.25) is 0 Å². The van der Waals surface area contributed by atoms with Gasteiger partial charge in [0.05, 0.1) is 21.3 Å². The molecule has 4 aromatic rings. The number of rotatable bonds is 5. The number of benzene rings is 2. The second-order valence-electron chi connectivity index (χ2n) is 7.07. The molecule has 176 valence electrons. The van der Waals surface area contributed by atoms with E-state index in [1.54, 1.807) is 18.4 Å². The Bertz CT molecular complexity index is 1480. The molecule has 0 aliphatic carbocycles. The summed E-state index contributed by atoms with van der Waals surface area (Å²) in [6.07, 6.45) is 1.85. The number of hydrogen-bond acceptors (Lipinski definition) is 8. The summed E-state index contributed by atoms with van der Waals surface area (Å²) in [5, 5.41) is 16.1. The first-order chi connectivity index (χ1) is 16.2. The number of halogens is 4. The molecule has 0 bridgehead atoms. The van der Waals surface area contributed by atoms with Crippen LogP contribution < -0.4 is 16.8 Å². The number of hydrogen-bond donors (Lipinski definition) is 3. The molecular weight excluding hydrogens is 524 g/mol. The van der Waals surface area contributed by atoms with Crippen LogP contribution in [0.25, 0.3) is 16.9 Å². The fourth-order valence-electron chi connectivity index (χ4n) is 3.26. The van der Waals surface area contributed by atoms with Crippen molar-refractivity contribution in [3.8, 4) is 5.95 Å². The molecule has 0 fully saturated rings. The SMILES string of the molecule is CSC(O)N=c1cc(N)nc(-n2nc(Cc3c(Cl)ccc(Cl)c3Cl)c3cc(F)ccc32)nc1N. The molecule has 1 atom stereocenters. The zero-order valence-electron chi connectivity index (χ0n) is 17.5. The minimum absolute atomic E-state index is 0.0273. The maximum Gasteiger partial charge on any atom is 0.255 e. The summed E-state index contributed by atoms with van der Waals surface area (Å²) >= 11 is 20.0. The van der Waals surface area contributed by atoms with Crippen LogP contribution in [0.2, 0.25) is 15.1 Å². The van der Waals surface area contributed by atoms with Crippen LogP contribution in [0, 0.1) is 5.82 Å². The van der Waals surface area contributed by atoms with E-state index in [1.807, 2.05) is 0 Å². The van der Waals surface area contributed by atoms with E-state index in [0.717, 1.165) is 11.8 Å². The molecule has 0 spiro atoms. The van der Waals surface area contributed by atoms with Crippen molar-refractivity contribution in [3.63, 3.8) is 0 Å². The van der Waals surface area contributed by atoms with E-state index in [1.165, 1.54) is 28.9 Å². The standard InChI is InChI=1S/C21H17Cl3FN7OS/c1-34-21(33)28-15-8-17(26)29-20(30-19(15)27)32-16-5-2-9(25)6-11(16)14(31-32)7-10-12(22)3-4-13(23)18(10)24/h2-6,8,21,33H,7H2,1H3,(H4,26,27,28,29,30). The fourth-order valence-corrected chi connectivity index (χ4v) is 4.16. The van der Waals surface area contributed by atoms with Gasteiger partial charge in [0.15, 0.2) is 11.4 Å². The van der Waals surface area contributed by atoms with Crippen molar-refractivity contribution >= 4 is 69.1 Å². The van der Waals surface area contributed by atoms with Crippen LogP contribution >= 0.6 is 46.6 Å². The van der Waals surface area contributed by atoms with E-state index in [9.17, 15) is 9.50 Å². The Morgan fingerprint density at radius 2 is 1.85 bits per heavy atom. The molecule has 2 aromatic heterocycles. The minimum Gasteiger partial charge on any atom is -0.384 e. The van der Waals surface area contributed by atoms with Crippen LogP contribution in [0.4, 0.5) is 16.0 Å². The molecule has 0 radical (unpaired) electrons. The lowest BCUT2D eigenvalue weighted by Crippen LogP contribution is -2.13. The summed E-state index contributed by atoms with van der Waals surface area (Å²) in [5.41, 5.74) is 12.5. The van der Waals surface area contributed by atoms with Crippen LogP contribution in [-0.4, -0.2) is 36.7 Å². The Morgan fingerprint density at radius 3 is 2.59 bits per heavy atom. The average Bonchev–Trinajstić information content (AvgIpc) is 3.08. The smallest absolute Gasteiger partial charge is 0.255 e. The van der Waals surface area contributed by atoms with Gasteiger partial charge in [-0.05, 0) is 42.2 Å². The van der Waals surface area contributed by atoms with E-state index < -0.39 is 11.4 Å². The quantitative estimate of drug-likeness (QED) is 0.255. The molecule has 13 heteroatoms. The number of aliphatic hydroxyl groups is 1. The minimum atomic E-state index is -1.05. The van der Waals surface area contributed by atoms with E-state index in [-0.39, 0.29) is 34.4 Å². The number of nitrogens with two attached hydrogens (primary N) is 2. The van der Waals surface area contributed by atoms with Crippen molar-refractivity contribution in [2.24, 2.45) is 4.99 Å². The number of thioether (sulfide) groups is 1. The maximum atomic E-state index is 14.2. The van der Waals surface area contributed by atoms with Gasteiger partial charge in [-0.15, -0.1) is 11.8 Å². The van der Waals surface area contributed by atoms with E-state index in [0.29, 0.717) is 32.2 Å². The van der Waals surface area contributed by atoms with Crippen molar-refractivity contribution in [3.05, 3.63) is 73.9 Å². The number of aliphatic hydroxyl groups excluding tert-OH is 1. The van der Waals surface area contributed by atoms with Crippen LogP contribution in [-0.2, 0) is 6.42 Å². The molecule has 0 amide bonds. The van der Waals surface area contributed by atoms with Crippen molar-refractivity contribution in [2.45, 2.75) is 12.0 Å². The highest BCUT2D eigenvalue weighted by molar-refractivity contribution is 7.99. The Labute approximate surface area is 212 Å². The number of nitrogens with zero attached hydrogens (tertiary/aromatic N) is 5. The molecular formula is C21H17Cl3FN7OS. The first-order valence-electron chi connectivity index (χ1n) is 9.67. The third-order valence-corrected chi connectivity index (χ3v) is 6.57. The summed E-state index contributed by atoms with van der Waals surface area (Å²) in [6, 6.07) is 8.77. The highest BCUT2D eigenvalue weighted by Gasteiger charge is 2.19. The zero-order chi connectivity index (χ0) is 24.6. The zero-order valence-corrected chi connectivity index (χ0v) is 20.6. The summed E-state index contributed by atoms with van der Waals surface area (Å²) in [6.45, 7) is 0. The summed E-state index contributed by atoms with van der Waals surface area (Å²) < 4.78 is 15.6. The number of anilines is 2. The molecule has 8 nitrogen and oxygen atoms in total. The van der Waals surface area contributed by atoms with Crippen LogP contribution in [0.3, 0.4) is 0 Å². The molecule has 2 heterocycles. The van der Waals surface area contributed by atoms with Crippen molar-refractivity contribution < 1.29 is 9.50 Å². The predicted octanol–water partition coefficient (Wildman–Crippen LogP) is 4.21. The number of aromatic nitrogens is 4. The molecule has 2 aromatic carbocycles. The first-order valence-corrected chi connectivity index (χ1v) is 12.1. The van der Waals surface area contributed by atoms with Gasteiger partial charge in [-0.2, -0.15) is 19.7 Å². The van der Waals surface area contributed by atoms with Gasteiger partial charge in [0.25, 0.3) is 5.95 Å². The van der Waals surface area contributed by atoms with Gasteiger partial charge < -0.3 is 16.6 Å². The predicted molar refractivity (Wildman–Crippen MR) is 135 cm³/mol. The van der Waals surface area contributed by atoms with Gasteiger partial charge in [-0.1, -0.05) is 34.8 Å². The lowest BCUT2D eigenvalue weighted by atomic mass is 10.1. The molecule has 1 unspecified atom stereocenters. The largest absolute Gasteiger partial charge is 0.384 e. The van der Waals surface area contributed by atoms with Gasteiger partial charge in [0, 0.05) is 22.9 Å². The van der Waals surface area contributed by atoms with Gasteiger partial charge in [-0.3, -0.25) is 0 Å². The third-order valence-electron chi connectivity index (χ3n) is 4.85. The van der Waals surface area contributed by atoms with E-state index >= 15 is 0 Å². The van der Waals surface area contributed by atoms with E-state index in [4.69, 9.17) is 46.3 Å². The van der Waals surface area contributed by atoms with Crippen LogP contribution in [0.15, 0.2) is 41.4 Å². The van der Waals surface area contributed by atoms with Crippen molar-refractivity contribution in [2.75, 3.05) is 17.7 Å². The number of nitrogen functional groups attached to an aromatic ring is 2. The monoisotopic (exact) mass is 539 g/mol. The maximum absolute atomic E-state index is 14.2. The van der Waals surface area contributed by atoms with Crippen LogP contribution in [0.1, 0.15) is 11.3 Å². The summed E-state index contributed by atoms with van der Waals surface area (Å²) in [7, 11) is 0. The fraction of sp³-hybridized carbons (Fsp3) is 0.143. The Balaban J connectivity index is 1.93. The van der Waals surface area contributed by atoms with E-state index in [2.05, 4.69) is 20.1 Å². The topological polar surface area (TPSA) is 128 Å². The Kier molecular flexibility index (Phi) is 7.15. The highest BCUT2D eigenvalue weighted by Crippen LogP contribution is 2.34. The molecule has 0 aliphatic rings. The lowest BCUT2D eigenvalue weighted by Gasteiger charge is -2.07. The normalized spacial score (nSPS) is 12.9. The second-order valence-corrected chi connectivity index (χ2v) is 9.16. The lowest BCUT2D eigenvalue weighted by molar-refractivity contribution is 0.270. The molecule has 34 heavy (non-hydrogen) atoms. The highest BCUT2D eigenvalue weighted by atomic mass is 35.5. The van der Waals surface area contributed by atoms with Crippen LogP contribution in [0.5, 0.6) is 0 Å². The second kappa shape index (κ2) is 9.93. The summed E-state index contributed by atoms with van der Waals surface area (Å²) in [4.78, 5) is 12.6. The van der Waals surface area contributed by atoms with Gasteiger partial charge in [-0.25, -0.2) is 9.38 Å². The molecule has 0 saturated carbocycles. The Morgan fingerprint density at radius 1 is 1.12 bits per heavy atom. The molecule has 0 aliphatic heterocycles. The molecule has 5 N–H and O–H groups in total. The molecule has 4 rings (SSSR count). The third kappa shape index (κ3) is 4.91. The van der Waals surface area contributed by atoms with Gasteiger partial charge >= 0.3 is 0 Å². The summed E-state index contributed by atoms with van der Waals surface area (Å²) in [5.74, 6) is -0.413. The first kappa shape index (κ1) is 24.5. The Hall–Kier alpha value is -2.63. The van der Waals surface area contributed by atoms with Crippen molar-refractivity contribution in [1.29, 1.82) is 0 Å². The molecule has 0 saturated heterocycles. The van der Waals surface area contributed by atoms with Crippen molar-refractivity contribution in [1.82, 2.24) is 19.7 Å².